The van der Waals surface area contributed by atoms with Crippen LogP contribution in [0.4, 0.5) is 0 Å². The minimum Gasteiger partial charge on any atom is -0.481 e. The number of hydrogen-bond acceptors (Lipinski definition) is 4. The Labute approximate surface area is 148 Å². The molecule has 3 rings (SSSR count). The molecule has 2 aromatic rings. The predicted molar refractivity (Wildman–Crippen MR) is 96.5 cm³/mol. The number of aromatic nitrogens is 1. The Hall–Kier alpha value is -2.14. The van der Waals surface area contributed by atoms with Crippen molar-refractivity contribution in [2.45, 2.75) is 47.1 Å². The maximum atomic E-state index is 11.1. The quantitative estimate of drug-likeness (QED) is 0.913. The van der Waals surface area contributed by atoms with Crippen LogP contribution in [0.25, 0.3) is 11.5 Å². The highest BCUT2D eigenvalue weighted by atomic mass is 16.4. The molecule has 5 heteroatoms. The molecule has 134 valence electrons. The molecule has 0 radical (unpaired) electrons. The van der Waals surface area contributed by atoms with Crippen LogP contribution in [0.15, 0.2) is 16.5 Å². The molecule has 1 aliphatic heterocycles. The van der Waals surface area contributed by atoms with Gasteiger partial charge in [0.2, 0.25) is 5.89 Å². The smallest absolute Gasteiger partial charge is 0.306 e. The molecule has 1 aromatic carbocycles. The number of likely N-dealkylation sites (tertiary alicyclic amines) is 1. The fourth-order valence-electron chi connectivity index (χ4n) is 3.75. The summed E-state index contributed by atoms with van der Waals surface area (Å²) >= 11 is 0. The number of carboxylic acid groups (broad SMARTS) is 1. The number of carboxylic acids is 1. The average molecular weight is 342 g/mol. The lowest BCUT2D eigenvalue weighted by Gasteiger charge is -2.29. The Morgan fingerprint density at radius 2 is 1.80 bits per heavy atom. The van der Waals surface area contributed by atoms with Crippen molar-refractivity contribution in [1.29, 1.82) is 0 Å². The first-order valence-corrected chi connectivity index (χ1v) is 8.85. The molecule has 5 nitrogen and oxygen atoms in total. The van der Waals surface area contributed by atoms with Crippen molar-refractivity contribution in [3.63, 3.8) is 0 Å². The van der Waals surface area contributed by atoms with E-state index in [0.29, 0.717) is 25.3 Å². The zero-order chi connectivity index (χ0) is 18.1. The first kappa shape index (κ1) is 17.7. The maximum Gasteiger partial charge on any atom is 0.306 e. The van der Waals surface area contributed by atoms with Gasteiger partial charge in [0.25, 0.3) is 0 Å². The van der Waals surface area contributed by atoms with Gasteiger partial charge in [0, 0.05) is 12.1 Å². The summed E-state index contributed by atoms with van der Waals surface area (Å²) in [7, 11) is 0. The third-order valence-electron chi connectivity index (χ3n) is 5.09. The minimum absolute atomic E-state index is 0.205. The van der Waals surface area contributed by atoms with E-state index in [1.54, 1.807) is 0 Å². The third-order valence-corrected chi connectivity index (χ3v) is 5.09. The highest BCUT2D eigenvalue weighted by Gasteiger charge is 2.25. The van der Waals surface area contributed by atoms with Crippen LogP contribution in [0.1, 0.15) is 41.0 Å². The van der Waals surface area contributed by atoms with Crippen LogP contribution in [-0.4, -0.2) is 34.0 Å². The van der Waals surface area contributed by atoms with Crippen LogP contribution < -0.4 is 0 Å². The van der Waals surface area contributed by atoms with Gasteiger partial charge < -0.3 is 9.52 Å². The number of piperidine rings is 1. The molecule has 1 saturated heterocycles. The lowest BCUT2D eigenvalue weighted by Crippen LogP contribution is -2.36. The zero-order valence-corrected chi connectivity index (χ0v) is 15.4. The molecule has 0 bridgehead atoms. The summed E-state index contributed by atoms with van der Waals surface area (Å²) in [6, 6.07) is 4.30. The summed E-state index contributed by atoms with van der Waals surface area (Å²) in [5, 5.41) is 9.11. The van der Waals surface area contributed by atoms with Crippen LogP contribution >= 0.6 is 0 Å². The number of rotatable bonds is 4. The van der Waals surface area contributed by atoms with Crippen LogP contribution in [0.2, 0.25) is 0 Å². The fourth-order valence-corrected chi connectivity index (χ4v) is 3.75. The fraction of sp³-hybridized carbons (Fsp3) is 0.500. The van der Waals surface area contributed by atoms with E-state index in [1.165, 1.54) is 16.7 Å². The van der Waals surface area contributed by atoms with E-state index >= 15 is 0 Å². The van der Waals surface area contributed by atoms with Crippen molar-refractivity contribution < 1.29 is 14.3 Å². The molecular formula is C20H26N2O3. The second-order valence-corrected chi connectivity index (χ2v) is 7.18. The molecule has 1 aromatic heterocycles. The molecule has 0 unspecified atom stereocenters. The van der Waals surface area contributed by atoms with E-state index in [1.807, 2.05) is 6.92 Å². The van der Waals surface area contributed by atoms with Gasteiger partial charge in [-0.2, -0.15) is 0 Å². The predicted octanol–water partition coefficient (Wildman–Crippen LogP) is 3.87. The van der Waals surface area contributed by atoms with Gasteiger partial charge in [-0.15, -0.1) is 0 Å². The number of oxazole rings is 1. The minimum atomic E-state index is -0.676. The Bertz CT molecular complexity index is 763. The highest BCUT2D eigenvalue weighted by Crippen LogP contribution is 2.30. The van der Waals surface area contributed by atoms with E-state index in [2.05, 4.69) is 37.8 Å². The summed E-state index contributed by atoms with van der Waals surface area (Å²) in [5.74, 6) is 0.644. The largest absolute Gasteiger partial charge is 0.481 e. The van der Waals surface area contributed by atoms with Crippen molar-refractivity contribution in [2.24, 2.45) is 5.92 Å². The summed E-state index contributed by atoms with van der Waals surface area (Å²) in [6.45, 7) is 10.5. The van der Waals surface area contributed by atoms with Gasteiger partial charge in [-0.1, -0.05) is 17.7 Å². The van der Waals surface area contributed by atoms with E-state index in [4.69, 9.17) is 14.5 Å². The second-order valence-electron chi connectivity index (χ2n) is 7.18. The molecule has 0 spiro atoms. The Morgan fingerprint density at radius 1 is 1.20 bits per heavy atom. The number of nitrogens with zero attached hydrogens (tertiary/aromatic N) is 2. The van der Waals surface area contributed by atoms with E-state index in [9.17, 15) is 4.79 Å². The monoisotopic (exact) mass is 342 g/mol. The van der Waals surface area contributed by atoms with Crippen LogP contribution in [0.3, 0.4) is 0 Å². The van der Waals surface area contributed by atoms with Gasteiger partial charge in [-0.05, 0) is 64.8 Å². The summed E-state index contributed by atoms with van der Waals surface area (Å²) in [6.07, 6.45) is 1.41. The number of hydrogen-bond donors (Lipinski definition) is 1. The second kappa shape index (κ2) is 7.00. The van der Waals surface area contributed by atoms with Gasteiger partial charge in [0.1, 0.15) is 5.76 Å². The van der Waals surface area contributed by atoms with Gasteiger partial charge in [0.05, 0.1) is 11.6 Å². The Kier molecular flexibility index (Phi) is 4.95. The van der Waals surface area contributed by atoms with Crippen molar-refractivity contribution in [3.8, 4) is 11.5 Å². The maximum absolute atomic E-state index is 11.1. The molecule has 1 N–H and O–H groups in total. The lowest BCUT2D eigenvalue weighted by atomic mass is 9.97. The van der Waals surface area contributed by atoms with Gasteiger partial charge in [0.15, 0.2) is 0 Å². The van der Waals surface area contributed by atoms with Gasteiger partial charge in [-0.3, -0.25) is 9.69 Å². The number of carbonyl (C=O) groups is 1. The molecule has 0 atom stereocenters. The molecule has 1 aliphatic rings. The van der Waals surface area contributed by atoms with Crippen molar-refractivity contribution in [2.75, 3.05) is 13.1 Å². The first-order chi connectivity index (χ1) is 11.8. The van der Waals surface area contributed by atoms with Crippen molar-refractivity contribution in [1.82, 2.24) is 9.88 Å². The van der Waals surface area contributed by atoms with E-state index in [0.717, 1.165) is 30.1 Å². The molecule has 2 heterocycles. The van der Waals surface area contributed by atoms with Gasteiger partial charge >= 0.3 is 5.97 Å². The molecule has 0 saturated carbocycles. The molecule has 0 aliphatic carbocycles. The van der Waals surface area contributed by atoms with E-state index in [-0.39, 0.29) is 5.92 Å². The Balaban J connectivity index is 1.77. The number of aryl methyl sites for hydroxylation is 4. The van der Waals surface area contributed by atoms with Crippen molar-refractivity contribution >= 4 is 5.97 Å². The first-order valence-electron chi connectivity index (χ1n) is 8.85. The van der Waals surface area contributed by atoms with Crippen LogP contribution in [0.5, 0.6) is 0 Å². The SMILES string of the molecule is Cc1cc(C)c(-c2nc(CN3CCC(C(=O)O)CC3)c(C)o2)c(C)c1. The van der Waals surface area contributed by atoms with Gasteiger partial charge in [-0.25, -0.2) is 4.98 Å². The molecular weight excluding hydrogens is 316 g/mol. The topological polar surface area (TPSA) is 66.6 Å². The van der Waals surface area contributed by atoms with Crippen LogP contribution in [-0.2, 0) is 11.3 Å². The average Bonchev–Trinajstić information content (AvgIpc) is 2.87. The summed E-state index contributed by atoms with van der Waals surface area (Å²) < 4.78 is 5.97. The normalized spacial score (nSPS) is 16.3. The number of aliphatic carboxylic acids is 1. The Morgan fingerprint density at radius 3 is 2.36 bits per heavy atom. The third kappa shape index (κ3) is 3.76. The molecule has 25 heavy (non-hydrogen) atoms. The zero-order valence-electron chi connectivity index (χ0n) is 15.4. The molecule has 0 amide bonds. The van der Waals surface area contributed by atoms with E-state index < -0.39 is 5.97 Å². The van der Waals surface area contributed by atoms with Crippen molar-refractivity contribution in [3.05, 3.63) is 40.3 Å². The lowest BCUT2D eigenvalue weighted by molar-refractivity contribution is -0.143. The standard InChI is InChI=1S/C20H26N2O3/c1-12-9-13(2)18(14(3)10-12)19-21-17(15(4)25-19)11-22-7-5-16(6-8-22)20(23)24/h9-10,16H,5-8,11H2,1-4H3,(H,23,24). The van der Waals surface area contributed by atoms with Crippen LogP contribution in [0, 0.1) is 33.6 Å². The number of benzene rings is 1. The summed E-state index contributed by atoms with van der Waals surface area (Å²) in [4.78, 5) is 18.1. The molecule has 1 fully saturated rings. The highest BCUT2D eigenvalue weighted by molar-refractivity contribution is 5.70. The summed E-state index contributed by atoms with van der Waals surface area (Å²) in [5.41, 5.74) is 5.61.